The molecule has 0 unspecified atom stereocenters. The summed E-state index contributed by atoms with van der Waals surface area (Å²) < 4.78 is 18.3. The van der Waals surface area contributed by atoms with Crippen molar-refractivity contribution in [3.05, 3.63) is 343 Å². The molecule has 6 N–H and O–H groups in total. The van der Waals surface area contributed by atoms with Crippen molar-refractivity contribution >= 4 is 196 Å². The number of carbonyl (C=O) groups excluding carboxylic acids is 12. The summed E-state index contributed by atoms with van der Waals surface area (Å²) in [6.07, 6.45) is 14.2. The molecule has 0 saturated carbocycles. The molecule has 6 heterocycles. The second kappa shape index (κ2) is 41.9. The van der Waals surface area contributed by atoms with Gasteiger partial charge in [0.15, 0.2) is 0 Å². The Hall–Kier alpha value is -13.3. The number of carboxylic acids is 2. The first-order chi connectivity index (χ1) is 64.9. The van der Waals surface area contributed by atoms with Gasteiger partial charge in [-0.05, 0) is 241 Å². The summed E-state index contributed by atoms with van der Waals surface area (Å²) in [5.41, 5.74) is 26.5. The number of imide groups is 3. The maximum atomic E-state index is 14.1. The van der Waals surface area contributed by atoms with Crippen LogP contribution in [0, 0.1) is 0 Å². The van der Waals surface area contributed by atoms with Crippen LogP contribution in [-0.4, -0.2) is 111 Å². The van der Waals surface area contributed by atoms with E-state index < -0.39 is 83.2 Å². The third-order valence-electron chi connectivity index (χ3n) is 24.9. The van der Waals surface area contributed by atoms with Crippen LogP contribution in [0.25, 0.3) is 54.6 Å². The number of nitrogen functional groups attached to an aromatic ring is 1. The van der Waals surface area contributed by atoms with E-state index in [2.05, 4.69) is 160 Å². The van der Waals surface area contributed by atoms with Crippen LogP contribution in [0.3, 0.4) is 0 Å². The molecule has 24 nitrogen and oxygen atoms in total. The molecule has 0 aromatic heterocycles. The normalized spacial score (nSPS) is 14.4. The first-order valence-electron chi connectivity index (χ1n) is 43.8. The number of benzene rings is 13. The van der Waals surface area contributed by atoms with Crippen LogP contribution in [0.1, 0.15) is 258 Å². The van der Waals surface area contributed by atoms with Gasteiger partial charge in [0.05, 0.1) is 44.8 Å². The second-order valence-corrected chi connectivity index (χ2v) is 36.9. The Bertz CT molecular complexity index is 6750. The number of hydrogen-bond acceptors (Lipinski definition) is 19. The van der Waals surface area contributed by atoms with Crippen molar-refractivity contribution in [1.82, 2.24) is 4.90 Å². The molecule has 13 aromatic carbocycles. The summed E-state index contributed by atoms with van der Waals surface area (Å²) in [5, 5.41) is 16.8. The van der Waals surface area contributed by atoms with Crippen molar-refractivity contribution in [3.63, 3.8) is 0 Å². The van der Waals surface area contributed by atoms with Crippen molar-refractivity contribution in [3.8, 4) is 22.3 Å². The van der Waals surface area contributed by atoms with Crippen LogP contribution in [0.4, 0.5) is 17.1 Å². The van der Waals surface area contributed by atoms with Crippen molar-refractivity contribution in [2.45, 2.75) is 122 Å². The molecule has 6 aliphatic heterocycles. The minimum atomic E-state index is -0.833. The monoisotopic (exact) mass is 2130 g/mol. The van der Waals surface area contributed by atoms with Gasteiger partial charge in [0.25, 0.3) is 47.4 Å². The number of para-hydroxylation sites is 3. The van der Waals surface area contributed by atoms with Gasteiger partial charge in [-0.1, -0.05) is 208 Å². The SMILES string of the molecule is CC(=O)O.CC(=O)O.CCCCCCC1(CCCN2C(=O)c3ccc4c5c(ccc(c35)C2=O)C(=O)N(c2ccccc2)C4=O)c2cc(Br)ccc2-c2ccc(Br)cc21.CCCCCCC1(CCN)c2cc(Br)ccc2-c2ccc(Br)cc21.Nc1ccccc1.O=C1OC(=O)c2ccc3c4c(ccc1c24)C(=O)N(c1ccccc1)C3=O.O=C1OC(=O)c2ccc3c4c(ccc1c24)C(=O)OC3=O.[Zn]. The van der Waals surface area contributed by atoms with E-state index in [9.17, 15) is 57.5 Å². The zero-order valence-electron chi connectivity index (χ0n) is 74.2. The van der Waals surface area contributed by atoms with E-state index in [4.69, 9.17) is 36.0 Å². The van der Waals surface area contributed by atoms with Gasteiger partial charge in [-0.3, -0.25) is 43.3 Å². The van der Waals surface area contributed by atoms with Crippen molar-refractivity contribution in [2.24, 2.45) is 5.73 Å². The summed E-state index contributed by atoms with van der Waals surface area (Å²) in [7, 11) is 0. The Labute approximate surface area is 827 Å². The Balaban J connectivity index is 0.000000146. The smallest absolute Gasteiger partial charge is 0.346 e. The number of unbranched alkanes of at least 4 members (excludes halogenated alkanes) is 6. The maximum Gasteiger partial charge on any atom is 0.346 e. The number of nitrogens with two attached hydrogens (primary N) is 2. The largest absolute Gasteiger partial charge is 0.481 e. The fourth-order valence-corrected chi connectivity index (χ4v) is 20.6. The van der Waals surface area contributed by atoms with E-state index >= 15 is 0 Å². The van der Waals surface area contributed by atoms with E-state index in [-0.39, 0.29) is 92.1 Å². The van der Waals surface area contributed by atoms with Gasteiger partial charge in [-0.15, -0.1) is 0 Å². The van der Waals surface area contributed by atoms with E-state index in [0.29, 0.717) is 68.1 Å². The van der Waals surface area contributed by atoms with Gasteiger partial charge in [-0.25, -0.2) is 38.6 Å². The quantitative estimate of drug-likeness (QED) is 0.0118. The molecule has 29 heteroatoms. The molecule has 21 rings (SSSR count). The van der Waals surface area contributed by atoms with Gasteiger partial charge < -0.3 is 35.9 Å². The van der Waals surface area contributed by atoms with Gasteiger partial charge in [-0.2, -0.15) is 0 Å². The number of fused-ring (bicyclic) bond motifs is 6. The Kier molecular flexibility index (Phi) is 30.4. The molecule has 684 valence electrons. The molecule has 0 radical (unpaired) electrons. The molecule has 0 fully saturated rings. The number of halogens is 4. The van der Waals surface area contributed by atoms with Crippen LogP contribution in [0.15, 0.2) is 254 Å². The summed E-state index contributed by atoms with van der Waals surface area (Å²) in [6.45, 7) is 7.62. The van der Waals surface area contributed by atoms with Crippen LogP contribution in [0.2, 0.25) is 0 Å². The van der Waals surface area contributed by atoms with Gasteiger partial charge in [0.1, 0.15) is 0 Å². The molecule has 0 bridgehead atoms. The molecule has 0 spiro atoms. The Morgan fingerprint density at radius 2 is 0.537 bits per heavy atom. The third kappa shape index (κ3) is 19.0. The number of ether oxygens (including phenoxy) is 3. The predicted molar refractivity (Wildman–Crippen MR) is 526 cm³/mol. The van der Waals surface area contributed by atoms with Crippen LogP contribution < -0.4 is 21.3 Å². The number of cyclic esters (lactones) is 6. The van der Waals surface area contributed by atoms with Gasteiger partial charge >= 0.3 is 35.8 Å². The van der Waals surface area contributed by atoms with Crippen molar-refractivity contribution in [2.75, 3.05) is 28.6 Å². The Morgan fingerprint density at radius 1 is 0.309 bits per heavy atom. The van der Waals surface area contributed by atoms with Gasteiger partial charge in [0.2, 0.25) is 0 Å². The molecular formula is C107H87Br4N5O19Zn. The molecule has 2 aliphatic carbocycles. The van der Waals surface area contributed by atoms with E-state index in [1.54, 1.807) is 78.9 Å². The molecule has 8 aliphatic rings. The molecule has 0 atom stereocenters. The second-order valence-electron chi connectivity index (χ2n) is 33.2. The van der Waals surface area contributed by atoms with Crippen molar-refractivity contribution in [1.29, 1.82) is 0 Å². The number of esters is 6. The zero-order chi connectivity index (χ0) is 96.2. The maximum absolute atomic E-state index is 14.1. The first kappa shape index (κ1) is 98.7. The van der Waals surface area contributed by atoms with Crippen LogP contribution in [-0.2, 0) is 54.1 Å². The number of hydrogen-bond donors (Lipinski definition) is 4. The average molecular weight is 2130 g/mol. The minimum Gasteiger partial charge on any atom is -0.481 e. The molecule has 0 saturated heterocycles. The number of anilines is 3. The number of amides is 6. The first-order valence-corrected chi connectivity index (χ1v) is 47.0. The van der Waals surface area contributed by atoms with Crippen molar-refractivity contribution < 1.29 is 111 Å². The summed E-state index contributed by atoms with van der Waals surface area (Å²) in [6, 6.07) is 71.4. The molecule has 13 aromatic rings. The standard InChI is InChI=1S/C42H34Br2N2O4.C21H25Br2N.C20H9NO5.C14H4O6.C6H7N.2C2H4O2.Zn/c1-2-3-4-8-20-42(34-23-25(43)12-14-28(34)29-15-13-26(44)24-35(29)42)21-9-22-45-38(47)30-16-18-32-37-33(19-17-31(36(30)37)39(45)48)41(50)46(40(32)49)27-10-6-5-7-11-27;1-2-3-4-5-10-21(11-12-24)19-13-15(22)6-8-17(19)18-9-7-16(23)14-20(18)21;22-17-11-6-8-13-16-14(20(25)26-19(13)24)9-7-12(15(11)16)18(23)21(17)10-4-2-1-3-5-10;15-11-5-1-2-6-10-8(14(18)20-12(6)16)4-3-7(9(5)10)13(17)19-11;7-6-4-2-1-3-5-6;2*1-2(3)4;/h5-7,10-19,23-24H,2-4,8-9,20-22H2,1H3;6-9,13-14H,2-5,10-12,24H2,1H3;1-9H;1-4H;1-5H,7H2;2*1H3,(H,3,4);. The topological polar surface area (TPSA) is 369 Å². The molecule has 136 heavy (non-hydrogen) atoms. The Morgan fingerprint density at radius 3 is 0.787 bits per heavy atom. The number of aliphatic carboxylic acids is 2. The van der Waals surface area contributed by atoms with E-state index in [1.165, 1.54) is 136 Å². The van der Waals surface area contributed by atoms with Crippen LogP contribution in [0.5, 0.6) is 0 Å². The third-order valence-corrected chi connectivity index (χ3v) is 26.9. The number of nitrogens with zero attached hydrogens (tertiary/aromatic N) is 3. The van der Waals surface area contributed by atoms with Crippen LogP contribution >= 0.6 is 63.7 Å². The van der Waals surface area contributed by atoms with E-state index in [1.807, 2.05) is 36.4 Å². The van der Waals surface area contributed by atoms with E-state index in [0.717, 1.165) is 85.8 Å². The molecular weight excluding hydrogens is 2040 g/mol. The summed E-state index contributed by atoms with van der Waals surface area (Å²) >= 11 is 14.8. The predicted octanol–water partition coefficient (Wildman–Crippen LogP) is 23.1. The fraction of sp³-hybridized carbons (Fsp3) is 0.196. The summed E-state index contributed by atoms with van der Waals surface area (Å²) in [4.78, 5) is 174. The number of rotatable bonds is 18. The zero-order valence-corrected chi connectivity index (χ0v) is 83.5. The fourth-order valence-electron chi connectivity index (χ4n) is 19.2. The number of carboxylic acid groups (broad SMARTS) is 2. The molecule has 6 amide bonds. The van der Waals surface area contributed by atoms with Gasteiger partial charge in [0, 0.05) is 140 Å². The summed E-state index contributed by atoms with van der Waals surface area (Å²) in [5.74, 6) is -9.14. The number of carbonyl (C=O) groups is 14. The average Bonchev–Trinajstić information content (AvgIpc) is 1.34. The minimum absolute atomic E-state index is 0.